The van der Waals surface area contributed by atoms with E-state index >= 15 is 0 Å². The van der Waals surface area contributed by atoms with Crippen LogP contribution in [0.25, 0.3) is 0 Å². The van der Waals surface area contributed by atoms with Crippen LogP contribution in [0.5, 0.6) is 5.75 Å². The van der Waals surface area contributed by atoms with E-state index in [1.54, 1.807) is 19.1 Å². The third-order valence-corrected chi connectivity index (χ3v) is 4.29. The maximum Gasteiger partial charge on any atom is 0.272 e. The quantitative estimate of drug-likeness (QED) is 0.462. The monoisotopic (exact) mass is 305 g/mol. The van der Waals surface area contributed by atoms with Gasteiger partial charge in [-0.15, -0.1) is 11.3 Å². The van der Waals surface area contributed by atoms with Gasteiger partial charge in [-0.1, -0.05) is 6.92 Å². The third-order valence-electron chi connectivity index (χ3n) is 3.02. The van der Waals surface area contributed by atoms with Crippen LogP contribution in [-0.4, -0.2) is 17.3 Å². The molecule has 2 rings (SSSR count). The first-order valence-corrected chi connectivity index (χ1v) is 7.32. The highest BCUT2D eigenvalue weighted by atomic mass is 32.1. The largest absolute Gasteiger partial charge is 0.485 e. The molecule has 5 nitrogen and oxygen atoms in total. The summed E-state index contributed by atoms with van der Waals surface area (Å²) in [6, 6.07) is 8.20. The molecule has 0 aliphatic heterocycles. The minimum absolute atomic E-state index is 0.0412. The van der Waals surface area contributed by atoms with E-state index in [9.17, 15) is 14.9 Å². The summed E-state index contributed by atoms with van der Waals surface area (Å²) in [7, 11) is 0. The van der Waals surface area contributed by atoms with E-state index in [1.807, 2.05) is 13.0 Å². The van der Waals surface area contributed by atoms with E-state index in [0.717, 1.165) is 11.3 Å². The molecule has 0 aliphatic rings. The van der Waals surface area contributed by atoms with Gasteiger partial charge in [0.15, 0.2) is 6.61 Å². The zero-order valence-corrected chi connectivity index (χ0v) is 12.6. The maximum atomic E-state index is 12.0. The molecule has 0 atom stereocenters. The Kier molecular flexibility index (Phi) is 4.70. The van der Waals surface area contributed by atoms with Gasteiger partial charge in [-0.3, -0.25) is 14.9 Å². The van der Waals surface area contributed by atoms with Gasteiger partial charge in [0.25, 0.3) is 5.69 Å². The van der Waals surface area contributed by atoms with Gasteiger partial charge in [0, 0.05) is 16.5 Å². The van der Waals surface area contributed by atoms with Crippen LogP contribution in [0.1, 0.15) is 27.0 Å². The fourth-order valence-electron chi connectivity index (χ4n) is 1.86. The molecule has 0 fully saturated rings. The minimum Gasteiger partial charge on any atom is -0.485 e. The number of aryl methyl sites for hydroxylation is 2. The van der Waals surface area contributed by atoms with Gasteiger partial charge in [-0.05, 0) is 37.6 Å². The minimum atomic E-state index is -0.442. The molecule has 21 heavy (non-hydrogen) atoms. The van der Waals surface area contributed by atoms with Crippen molar-refractivity contribution in [1.82, 2.24) is 0 Å². The van der Waals surface area contributed by atoms with Crippen LogP contribution in [0, 0.1) is 17.0 Å². The third kappa shape index (κ3) is 3.66. The molecule has 0 saturated heterocycles. The fourth-order valence-corrected chi connectivity index (χ4v) is 2.73. The normalized spacial score (nSPS) is 10.4. The van der Waals surface area contributed by atoms with Crippen LogP contribution in [0.15, 0.2) is 30.3 Å². The van der Waals surface area contributed by atoms with Gasteiger partial charge in [-0.2, -0.15) is 0 Å². The van der Waals surface area contributed by atoms with Gasteiger partial charge in [0.2, 0.25) is 5.78 Å². The zero-order valence-electron chi connectivity index (χ0n) is 11.8. The summed E-state index contributed by atoms with van der Waals surface area (Å²) in [5.41, 5.74) is 0.550. The Morgan fingerprint density at radius 1 is 1.33 bits per heavy atom. The Bertz CT molecular complexity index is 678. The van der Waals surface area contributed by atoms with Crippen molar-refractivity contribution in [3.63, 3.8) is 0 Å². The second-order valence-corrected chi connectivity index (χ2v) is 5.71. The van der Waals surface area contributed by atoms with Crippen LogP contribution in [0.2, 0.25) is 0 Å². The fraction of sp³-hybridized carbons (Fsp3) is 0.267. The van der Waals surface area contributed by atoms with Gasteiger partial charge in [-0.25, -0.2) is 0 Å². The summed E-state index contributed by atoms with van der Waals surface area (Å²) < 4.78 is 5.42. The van der Waals surface area contributed by atoms with Gasteiger partial charge in [0.05, 0.1) is 9.80 Å². The number of hydrogen-bond acceptors (Lipinski definition) is 5. The summed E-state index contributed by atoms with van der Waals surface area (Å²) in [5, 5.41) is 10.7. The summed E-state index contributed by atoms with van der Waals surface area (Å²) in [4.78, 5) is 24.1. The Morgan fingerprint density at radius 3 is 2.67 bits per heavy atom. The van der Waals surface area contributed by atoms with Crippen molar-refractivity contribution in [3.8, 4) is 5.75 Å². The molecule has 0 N–H and O–H groups in total. The molecule has 0 aliphatic carbocycles. The second kappa shape index (κ2) is 6.49. The molecule has 0 saturated carbocycles. The van der Waals surface area contributed by atoms with Gasteiger partial charge < -0.3 is 4.74 Å². The Morgan fingerprint density at radius 2 is 2.10 bits per heavy atom. The summed E-state index contributed by atoms with van der Waals surface area (Å²) in [6.07, 6.45) is 0.903. The summed E-state index contributed by atoms with van der Waals surface area (Å²) >= 11 is 1.47. The first kappa shape index (κ1) is 15.2. The van der Waals surface area contributed by atoms with Crippen molar-refractivity contribution in [3.05, 3.63) is 55.8 Å². The Labute approximate surface area is 126 Å². The number of hydrogen-bond donors (Lipinski definition) is 0. The van der Waals surface area contributed by atoms with Crippen LogP contribution in [-0.2, 0) is 6.42 Å². The maximum absolute atomic E-state index is 12.0. The molecule has 6 heteroatoms. The number of nitro groups is 1. The molecule has 1 aromatic carbocycles. The van der Waals surface area contributed by atoms with Crippen LogP contribution >= 0.6 is 11.3 Å². The highest BCUT2D eigenvalue weighted by molar-refractivity contribution is 7.14. The number of ketones is 1. The van der Waals surface area contributed by atoms with Crippen molar-refractivity contribution < 1.29 is 14.5 Å². The van der Waals surface area contributed by atoms with E-state index in [2.05, 4.69) is 0 Å². The standard InChI is InChI=1S/C15H15NO4S/c1-3-12-5-7-15(21-12)14(17)9-20-11-4-6-13(16(18)19)10(2)8-11/h4-8H,3,9H2,1-2H3. The molecule has 0 spiro atoms. The number of carbonyl (C=O) groups is 1. The summed E-state index contributed by atoms with van der Waals surface area (Å²) in [5.74, 6) is 0.370. The number of carbonyl (C=O) groups excluding carboxylic acids is 1. The van der Waals surface area contributed by atoms with Gasteiger partial charge >= 0.3 is 0 Å². The van der Waals surface area contributed by atoms with E-state index in [1.165, 1.54) is 23.5 Å². The highest BCUT2D eigenvalue weighted by Crippen LogP contribution is 2.23. The lowest BCUT2D eigenvalue weighted by Crippen LogP contribution is -2.10. The molecule has 2 aromatic rings. The van der Waals surface area contributed by atoms with E-state index in [4.69, 9.17) is 4.74 Å². The van der Waals surface area contributed by atoms with Crippen molar-refractivity contribution >= 4 is 22.8 Å². The van der Waals surface area contributed by atoms with Crippen molar-refractivity contribution in [2.24, 2.45) is 0 Å². The van der Waals surface area contributed by atoms with Crippen LogP contribution < -0.4 is 4.74 Å². The van der Waals surface area contributed by atoms with E-state index < -0.39 is 4.92 Å². The molecule has 1 heterocycles. The first-order valence-electron chi connectivity index (χ1n) is 6.51. The van der Waals surface area contributed by atoms with Gasteiger partial charge in [0.1, 0.15) is 5.75 Å². The number of Topliss-reactive ketones (excluding diaryl/α,β-unsaturated/α-hetero) is 1. The molecule has 110 valence electrons. The number of ether oxygens (including phenoxy) is 1. The number of rotatable bonds is 6. The van der Waals surface area contributed by atoms with Crippen LogP contribution in [0.4, 0.5) is 5.69 Å². The number of nitro benzene ring substituents is 1. The average Bonchev–Trinajstić information content (AvgIpc) is 2.93. The van der Waals surface area contributed by atoms with E-state index in [-0.39, 0.29) is 18.1 Å². The number of benzene rings is 1. The molecule has 0 unspecified atom stereocenters. The Hall–Kier alpha value is -2.21. The lowest BCUT2D eigenvalue weighted by molar-refractivity contribution is -0.385. The second-order valence-electron chi connectivity index (χ2n) is 4.54. The van der Waals surface area contributed by atoms with Crippen molar-refractivity contribution in [2.75, 3.05) is 6.61 Å². The molecular formula is C15H15NO4S. The average molecular weight is 305 g/mol. The lowest BCUT2D eigenvalue weighted by Gasteiger charge is -2.05. The first-order chi connectivity index (χ1) is 10.0. The number of thiophene rings is 1. The van der Waals surface area contributed by atoms with Crippen molar-refractivity contribution in [1.29, 1.82) is 0 Å². The molecule has 1 aromatic heterocycles. The van der Waals surface area contributed by atoms with Crippen LogP contribution in [0.3, 0.4) is 0 Å². The zero-order chi connectivity index (χ0) is 15.4. The van der Waals surface area contributed by atoms with Crippen molar-refractivity contribution in [2.45, 2.75) is 20.3 Å². The smallest absolute Gasteiger partial charge is 0.272 e. The molecule has 0 radical (unpaired) electrons. The lowest BCUT2D eigenvalue weighted by atomic mass is 10.2. The van der Waals surface area contributed by atoms with E-state index in [0.29, 0.717) is 16.2 Å². The Balaban J connectivity index is 2.01. The topological polar surface area (TPSA) is 69.4 Å². The molecule has 0 amide bonds. The SMILES string of the molecule is CCc1ccc(C(=O)COc2ccc([N+](=O)[O-])c(C)c2)s1. The molecular weight excluding hydrogens is 290 g/mol. The number of nitrogens with zero attached hydrogens (tertiary/aromatic N) is 1. The predicted molar refractivity (Wildman–Crippen MR) is 81.4 cm³/mol. The summed E-state index contributed by atoms with van der Waals surface area (Å²) in [6.45, 7) is 3.61. The predicted octanol–water partition coefficient (Wildman–Crippen LogP) is 3.79. The molecule has 0 bridgehead atoms. The highest BCUT2D eigenvalue weighted by Gasteiger charge is 2.13.